The lowest BCUT2D eigenvalue weighted by Gasteiger charge is -2.35. The lowest BCUT2D eigenvalue weighted by molar-refractivity contribution is 0.0623. The summed E-state index contributed by atoms with van der Waals surface area (Å²) in [6.07, 6.45) is 2.67. The number of nitrogens with zero attached hydrogens (tertiary/aromatic N) is 2. The van der Waals surface area contributed by atoms with Gasteiger partial charge >= 0.3 is 0 Å². The van der Waals surface area contributed by atoms with Crippen LogP contribution in [-0.2, 0) is 0 Å². The van der Waals surface area contributed by atoms with Crippen molar-refractivity contribution in [1.82, 2.24) is 9.88 Å². The summed E-state index contributed by atoms with van der Waals surface area (Å²) in [6, 6.07) is 1.61. The van der Waals surface area contributed by atoms with Crippen LogP contribution < -0.4 is 11.3 Å². The van der Waals surface area contributed by atoms with Gasteiger partial charge in [0.1, 0.15) is 0 Å². The van der Waals surface area contributed by atoms with Gasteiger partial charge in [0, 0.05) is 19.3 Å². The van der Waals surface area contributed by atoms with Gasteiger partial charge in [0.2, 0.25) is 0 Å². The molecule has 1 aliphatic heterocycles. The largest absolute Gasteiger partial charge is 0.338 e. The molecule has 104 valence electrons. The second kappa shape index (κ2) is 5.75. The number of piperidine rings is 1. The molecule has 0 aromatic carbocycles. The van der Waals surface area contributed by atoms with Gasteiger partial charge in [-0.1, -0.05) is 25.4 Å². The molecule has 0 bridgehead atoms. The first-order valence-corrected chi connectivity index (χ1v) is 6.80. The van der Waals surface area contributed by atoms with Crippen molar-refractivity contribution >= 4 is 23.3 Å². The Morgan fingerprint density at radius 3 is 2.63 bits per heavy atom. The summed E-state index contributed by atoms with van der Waals surface area (Å²) in [5, 5.41) is 0.353. The van der Waals surface area contributed by atoms with E-state index in [1.165, 1.54) is 12.6 Å². The number of rotatable bonds is 2. The Hall–Kier alpha value is -1.33. The van der Waals surface area contributed by atoms with Crippen LogP contribution in [0.15, 0.2) is 12.3 Å². The third-order valence-electron chi connectivity index (χ3n) is 3.38. The number of nitrogen functional groups attached to an aromatic ring is 1. The number of aromatic nitrogens is 1. The van der Waals surface area contributed by atoms with Crippen molar-refractivity contribution in [3.63, 3.8) is 0 Å². The molecule has 19 heavy (non-hydrogen) atoms. The van der Waals surface area contributed by atoms with E-state index in [1.807, 2.05) is 4.90 Å². The number of pyridine rings is 1. The topological polar surface area (TPSA) is 71.2 Å². The first kappa shape index (κ1) is 14.1. The van der Waals surface area contributed by atoms with Crippen molar-refractivity contribution in [3.05, 3.63) is 22.8 Å². The Morgan fingerprint density at radius 1 is 1.47 bits per heavy atom. The van der Waals surface area contributed by atoms with Crippen LogP contribution in [0.25, 0.3) is 0 Å². The van der Waals surface area contributed by atoms with Gasteiger partial charge in [-0.2, -0.15) is 0 Å². The number of likely N-dealkylation sites (tertiary alicyclic amines) is 1. The number of hydrogen-bond acceptors (Lipinski definition) is 4. The maximum atomic E-state index is 12.4. The van der Waals surface area contributed by atoms with Gasteiger partial charge in [-0.05, 0) is 24.3 Å². The second-order valence-corrected chi connectivity index (χ2v) is 5.76. The summed E-state index contributed by atoms with van der Waals surface area (Å²) in [7, 11) is 0. The SMILES string of the molecule is CC1CC(C)CN(C(=O)c2cnc(NN)c(Cl)c2)C1. The molecule has 6 heteroatoms. The number of hydrazine groups is 1. The zero-order valence-corrected chi connectivity index (χ0v) is 11.9. The fourth-order valence-corrected chi connectivity index (χ4v) is 2.89. The summed E-state index contributed by atoms with van der Waals surface area (Å²) in [5.41, 5.74) is 2.89. The van der Waals surface area contributed by atoms with Gasteiger partial charge in [0.15, 0.2) is 5.82 Å². The van der Waals surface area contributed by atoms with Crippen LogP contribution in [-0.4, -0.2) is 28.9 Å². The second-order valence-electron chi connectivity index (χ2n) is 5.35. The molecular formula is C13H19ClN4O. The summed E-state index contributed by atoms with van der Waals surface area (Å²) in [6.45, 7) is 5.92. The number of nitrogens with one attached hydrogen (secondary N) is 1. The Bertz CT molecular complexity index is 470. The number of carbonyl (C=O) groups excluding carboxylic acids is 1. The Balaban J connectivity index is 2.17. The van der Waals surface area contributed by atoms with Gasteiger partial charge < -0.3 is 10.3 Å². The average Bonchev–Trinajstić information content (AvgIpc) is 2.36. The van der Waals surface area contributed by atoms with E-state index in [9.17, 15) is 4.79 Å². The molecule has 3 N–H and O–H groups in total. The number of nitrogens with two attached hydrogens (primary N) is 1. The third kappa shape index (κ3) is 3.16. The number of hydrogen-bond donors (Lipinski definition) is 2. The molecule has 5 nitrogen and oxygen atoms in total. The third-order valence-corrected chi connectivity index (χ3v) is 3.67. The summed E-state index contributed by atoms with van der Waals surface area (Å²) in [4.78, 5) is 18.3. The first-order chi connectivity index (χ1) is 9.01. The monoisotopic (exact) mass is 282 g/mol. The maximum Gasteiger partial charge on any atom is 0.255 e. The number of anilines is 1. The van der Waals surface area contributed by atoms with Crippen molar-refractivity contribution in [2.24, 2.45) is 17.7 Å². The highest BCUT2D eigenvalue weighted by Gasteiger charge is 2.26. The Kier molecular flexibility index (Phi) is 4.27. The van der Waals surface area contributed by atoms with Gasteiger partial charge in [0.25, 0.3) is 5.91 Å². The molecule has 0 spiro atoms. The molecule has 2 unspecified atom stereocenters. The van der Waals surface area contributed by atoms with E-state index in [0.717, 1.165) is 13.1 Å². The normalized spacial score (nSPS) is 23.3. The van der Waals surface area contributed by atoms with E-state index in [0.29, 0.717) is 28.2 Å². The van der Waals surface area contributed by atoms with Crippen LogP contribution in [0.2, 0.25) is 5.02 Å². The van der Waals surface area contributed by atoms with Gasteiger partial charge in [-0.25, -0.2) is 10.8 Å². The van der Waals surface area contributed by atoms with Crippen LogP contribution >= 0.6 is 11.6 Å². The standard InChI is InChI=1S/C13H19ClN4O/c1-8-3-9(2)7-18(6-8)13(19)10-4-11(14)12(17-15)16-5-10/h4-5,8-9H,3,6-7,15H2,1-2H3,(H,16,17). The fourth-order valence-electron chi connectivity index (χ4n) is 2.67. The molecule has 1 aliphatic rings. The van der Waals surface area contributed by atoms with E-state index in [-0.39, 0.29) is 5.91 Å². The minimum Gasteiger partial charge on any atom is -0.338 e. The quantitative estimate of drug-likeness (QED) is 0.644. The predicted molar refractivity (Wildman–Crippen MR) is 75.9 cm³/mol. The Labute approximate surface area is 118 Å². The smallest absolute Gasteiger partial charge is 0.255 e. The molecular weight excluding hydrogens is 264 g/mol. The van der Waals surface area contributed by atoms with E-state index < -0.39 is 0 Å². The molecule has 2 rings (SSSR count). The van der Waals surface area contributed by atoms with Crippen molar-refractivity contribution in [2.45, 2.75) is 20.3 Å². The van der Waals surface area contributed by atoms with E-state index in [2.05, 4.69) is 24.3 Å². The highest BCUT2D eigenvalue weighted by molar-refractivity contribution is 6.33. The van der Waals surface area contributed by atoms with Crippen molar-refractivity contribution in [1.29, 1.82) is 0 Å². The van der Waals surface area contributed by atoms with Gasteiger partial charge in [-0.15, -0.1) is 0 Å². The van der Waals surface area contributed by atoms with Crippen LogP contribution in [0.3, 0.4) is 0 Å². The average molecular weight is 283 g/mol. The molecule has 2 atom stereocenters. The van der Waals surface area contributed by atoms with Gasteiger partial charge in [-0.3, -0.25) is 4.79 Å². The molecule has 0 radical (unpaired) electrons. The van der Waals surface area contributed by atoms with Crippen molar-refractivity contribution < 1.29 is 4.79 Å². The lowest BCUT2D eigenvalue weighted by Crippen LogP contribution is -2.42. The summed E-state index contributed by atoms with van der Waals surface area (Å²) >= 11 is 5.99. The molecule has 1 aromatic rings. The zero-order chi connectivity index (χ0) is 14.0. The first-order valence-electron chi connectivity index (χ1n) is 6.42. The maximum absolute atomic E-state index is 12.4. The van der Waals surface area contributed by atoms with Crippen LogP contribution in [0.1, 0.15) is 30.6 Å². The molecule has 2 heterocycles. The zero-order valence-electron chi connectivity index (χ0n) is 11.2. The number of halogens is 1. The minimum atomic E-state index is -0.0172. The van der Waals surface area contributed by atoms with E-state index in [4.69, 9.17) is 17.4 Å². The molecule has 1 saturated heterocycles. The van der Waals surface area contributed by atoms with E-state index in [1.54, 1.807) is 6.07 Å². The summed E-state index contributed by atoms with van der Waals surface area (Å²) < 4.78 is 0. The van der Waals surface area contributed by atoms with Crippen LogP contribution in [0, 0.1) is 11.8 Å². The number of amides is 1. The molecule has 1 amide bonds. The van der Waals surface area contributed by atoms with Crippen molar-refractivity contribution in [3.8, 4) is 0 Å². The van der Waals surface area contributed by atoms with Crippen LogP contribution in [0.4, 0.5) is 5.82 Å². The predicted octanol–water partition coefficient (Wildman–Crippen LogP) is 2.14. The molecule has 1 fully saturated rings. The van der Waals surface area contributed by atoms with E-state index >= 15 is 0 Å². The number of carbonyl (C=O) groups is 1. The lowest BCUT2D eigenvalue weighted by atomic mass is 9.91. The summed E-state index contributed by atoms with van der Waals surface area (Å²) in [5.74, 6) is 6.68. The minimum absolute atomic E-state index is 0.0172. The highest BCUT2D eigenvalue weighted by atomic mass is 35.5. The van der Waals surface area contributed by atoms with Crippen molar-refractivity contribution in [2.75, 3.05) is 18.5 Å². The van der Waals surface area contributed by atoms with Crippen LogP contribution in [0.5, 0.6) is 0 Å². The Morgan fingerprint density at radius 2 is 2.11 bits per heavy atom. The molecule has 0 saturated carbocycles. The highest BCUT2D eigenvalue weighted by Crippen LogP contribution is 2.24. The van der Waals surface area contributed by atoms with Gasteiger partial charge in [0.05, 0.1) is 10.6 Å². The fraction of sp³-hybridized carbons (Fsp3) is 0.538. The molecule has 0 aliphatic carbocycles. The molecule has 1 aromatic heterocycles.